The molecule has 0 saturated heterocycles. The lowest BCUT2D eigenvalue weighted by Crippen LogP contribution is -2.55. The summed E-state index contributed by atoms with van der Waals surface area (Å²) in [6.45, 7) is 11.6. The molecule has 4 fully saturated rings. The summed E-state index contributed by atoms with van der Waals surface area (Å²) in [4.78, 5) is 12.0. The lowest BCUT2D eigenvalue weighted by Gasteiger charge is -2.61. The molecule has 0 spiro atoms. The predicted octanol–water partition coefficient (Wildman–Crippen LogP) is 5.26. The van der Waals surface area contributed by atoms with E-state index in [1.807, 2.05) is 0 Å². The summed E-state index contributed by atoms with van der Waals surface area (Å²) in [6.07, 6.45) is 22.2. The zero-order valence-electron chi connectivity index (χ0n) is 30.0. The monoisotopic (exact) mass is 682 g/mol. The van der Waals surface area contributed by atoms with Crippen molar-refractivity contribution in [3.63, 3.8) is 0 Å². The third-order valence-electron chi connectivity index (χ3n) is 13.5. The van der Waals surface area contributed by atoms with Crippen molar-refractivity contribution in [1.82, 2.24) is 21.3 Å². The van der Waals surface area contributed by atoms with Crippen molar-refractivity contribution in [2.75, 3.05) is 51.6 Å². The summed E-state index contributed by atoms with van der Waals surface area (Å²) in [5, 5.41) is 13.7. The lowest BCUT2D eigenvalue weighted by atomic mass is 9.44. The molecule has 9 nitrogen and oxygen atoms in total. The fourth-order valence-electron chi connectivity index (χ4n) is 10.8. The van der Waals surface area contributed by atoms with Crippen LogP contribution < -0.4 is 27.0 Å². The molecule has 0 aromatic carbocycles. The Morgan fingerprint density at radius 1 is 0.766 bits per heavy atom. The van der Waals surface area contributed by atoms with Crippen molar-refractivity contribution in [2.45, 2.75) is 135 Å². The molecule has 1 amide bonds. The van der Waals surface area contributed by atoms with Gasteiger partial charge in [-0.1, -0.05) is 26.7 Å². The maximum Gasteiger partial charge on any atom is 0.266 e. The second kappa shape index (κ2) is 19.0. The van der Waals surface area contributed by atoms with Gasteiger partial charge >= 0.3 is 0 Å². The van der Waals surface area contributed by atoms with Crippen LogP contribution in [-0.2, 0) is 14.9 Å². The molecular weight excluding hydrogens is 611 g/mol. The summed E-state index contributed by atoms with van der Waals surface area (Å²) in [5.74, 6) is 3.90. The van der Waals surface area contributed by atoms with Crippen molar-refractivity contribution < 1.29 is 17.8 Å². The Morgan fingerprint density at radius 2 is 1.47 bits per heavy atom. The second-order valence-corrected chi connectivity index (χ2v) is 17.9. The van der Waals surface area contributed by atoms with Gasteiger partial charge in [-0.05, 0) is 176 Å². The first-order valence-electron chi connectivity index (χ1n) is 19.6. The lowest BCUT2D eigenvalue weighted by molar-refractivity contribution is -0.121. The minimum absolute atomic E-state index is 0.0210. The van der Waals surface area contributed by atoms with Crippen LogP contribution in [0.3, 0.4) is 0 Å². The van der Waals surface area contributed by atoms with Crippen LogP contribution in [0.15, 0.2) is 0 Å². The van der Waals surface area contributed by atoms with E-state index in [1.54, 1.807) is 0 Å². The van der Waals surface area contributed by atoms with Gasteiger partial charge in [0.1, 0.15) is 0 Å². The number of nitrogens with one attached hydrogen (secondary N) is 4. The van der Waals surface area contributed by atoms with Gasteiger partial charge in [-0.3, -0.25) is 9.35 Å². The maximum absolute atomic E-state index is 12.0. The Labute approximate surface area is 287 Å². The van der Waals surface area contributed by atoms with E-state index in [2.05, 4.69) is 35.1 Å². The van der Waals surface area contributed by atoms with Crippen LogP contribution in [0.1, 0.15) is 129 Å². The molecule has 10 heteroatoms. The molecule has 0 aliphatic heterocycles. The Bertz CT molecular complexity index is 1050. The standard InChI is InChI=1S/C37H71N5O4S/c1-36-19-17-34-32(33(36)15-13-29(36)10-4-3-5-11-35(43)42-26-27-47(44,45)46)14-12-30-28-31(16-18-37(30,34)2)41-25-9-24-40-22-7-6-21-39-23-8-20-38/h29-34,39-41H,3-28,38H2,1-2H3,(H,42,43)(H,44,45,46). The molecule has 0 aromatic heterocycles. The molecule has 4 rings (SSSR count). The van der Waals surface area contributed by atoms with Gasteiger partial charge in [0.2, 0.25) is 5.91 Å². The van der Waals surface area contributed by atoms with Gasteiger partial charge in [-0.2, -0.15) is 8.42 Å². The van der Waals surface area contributed by atoms with E-state index in [0.717, 1.165) is 88.1 Å². The van der Waals surface area contributed by atoms with E-state index in [4.69, 9.17) is 10.3 Å². The van der Waals surface area contributed by atoms with Gasteiger partial charge in [0.15, 0.2) is 0 Å². The highest BCUT2D eigenvalue weighted by molar-refractivity contribution is 7.85. The van der Waals surface area contributed by atoms with E-state index >= 15 is 0 Å². The van der Waals surface area contributed by atoms with Crippen LogP contribution in [0.5, 0.6) is 0 Å². The number of nitrogens with two attached hydrogens (primary N) is 1. The third kappa shape index (κ3) is 11.4. The molecule has 0 radical (unpaired) electrons. The van der Waals surface area contributed by atoms with Crippen LogP contribution >= 0.6 is 0 Å². The van der Waals surface area contributed by atoms with Gasteiger partial charge < -0.3 is 27.0 Å². The quantitative estimate of drug-likeness (QED) is 0.0671. The topological polar surface area (TPSA) is 146 Å². The normalized spacial score (nSPS) is 33.6. The molecule has 8 unspecified atom stereocenters. The van der Waals surface area contributed by atoms with Gasteiger partial charge in [-0.15, -0.1) is 0 Å². The smallest absolute Gasteiger partial charge is 0.266 e. The number of fused-ring (bicyclic) bond motifs is 5. The number of hydrogen-bond donors (Lipinski definition) is 6. The van der Waals surface area contributed by atoms with Crippen LogP contribution in [0.25, 0.3) is 0 Å². The average Bonchev–Trinajstić information content (AvgIpc) is 3.37. The predicted molar refractivity (Wildman–Crippen MR) is 193 cm³/mol. The SMILES string of the molecule is CC12CCC3C(CCC4CC(NCCCNCCCCNCCCN)CCC43C)C1CCC2CCCCCC(=O)NCCS(=O)(=O)O. The van der Waals surface area contributed by atoms with E-state index in [9.17, 15) is 13.2 Å². The van der Waals surface area contributed by atoms with Crippen molar-refractivity contribution in [2.24, 2.45) is 46.2 Å². The molecule has 47 heavy (non-hydrogen) atoms. The zero-order chi connectivity index (χ0) is 33.8. The minimum atomic E-state index is -4.03. The molecule has 0 heterocycles. The summed E-state index contributed by atoms with van der Waals surface area (Å²) in [5.41, 5.74) is 6.56. The van der Waals surface area contributed by atoms with E-state index in [0.29, 0.717) is 23.3 Å². The summed E-state index contributed by atoms with van der Waals surface area (Å²) in [6, 6.07) is 0.705. The van der Waals surface area contributed by atoms with Crippen molar-refractivity contribution in [3.05, 3.63) is 0 Å². The van der Waals surface area contributed by atoms with Crippen LogP contribution in [0.2, 0.25) is 0 Å². The van der Waals surface area contributed by atoms with Crippen LogP contribution in [0, 0.1) is 40.4 Å². The minimum Gasteiger partial charge on any atom is -0.355 e. The van der Waals surface area contributed by atoms with Crippen molar-refractivity contribution in [3.8, 4) is 0 Å². The molecule has 4 aliphatic rings. The fraction of sp³-hybridized carbons (Fsp3) is 0.973. The first-order chi connectivity index (χ1) is 22.6. The largest absolute Gasteiger partial charge is 0.355 e. The highest BCUT2D eigenvalue weighted by Crippen LogP contribution is 2.67. The molecule has 4 aliphatic carbocycles. The summed E-state index contributed by atoms with van der Waals surface area (Å²) in [7, 11) is -4.03. The number of carbonyl (C=O) groups excluding carboxylic acids is 1. The number of hydrogen-bond acceptors (Lipinski definition) is 7. The highest BCUT2D eigenvalue weighted by atomic mass is 32.2. The Hall–Kier alpha value is -0.780. The summed E-state index contributed by atoms with van der Waals surface area (Å²) < 4.78 is 30.5. The maximum atomic E-state index is 12.0. The fourth-order valence-corrected chi connectivity index (χ4v) is 11.1. The molecule has 0 aromatic rings. The van der Waals surface area contributed by atoms with Gasteiger partial charge in [-0.25, -0.2) is 0 Å². The van der Waals surface area contributed by atoms with E-state index in [1.165, 1.54) is 89.9 Å². The van der Waals surface area contributed by atoms with E-state index in [-0.39, 0.29) is 12.5 Å². The van der Waals surface area contributed by atoms with Gasteiger partial charge in [0, 0.05) is 19.0 Å². The molecular formula is C37H71N5O4S. The van der Waals surface area contributed by atoms with Crippen LogP contribution in [-0.4, -0.2) is 76.5 Å². The first-order valence-corrected chi connectivity index (χ1v) is 21.2. The number of rotatable bonds is 22. The third-order valence-corrected chi connectivity index (χ3v) is 14.2. The Kier molecular flexibility index (Phi) is 15.8. The van der Waals surface area contributed by atoms with Crippen molar-refractivity contribution >= 4 is 16.0 Å². The molecule has 7 N–H and O–H groups in total. The Morgan fingerprint density at radius 3 is 2.21 bits per heavy atom. The first kappa shape index (κ1) is 39.0. The Balaban J connectivity index is 1.10. The van der Waals surface area contributed by atoms with Gasteiger partial charge in [0.05, 0.1) is 5.75 Å². The highest BCUT2D eigenvalue weighted by Gasteiger charge is 2.59. The van der Waals surface area contributed by atoms with Gasteiger partial charge in [0.25, 0.3) is 10.1 Å². The molecule has 274 valence electrons. The summed E-state index contributed by atoms with van der Waals surface area (Å²) >= 11 is 0. The molecule has 8 atom stereocenters. The zero-order valence-corrected chi connectivity index (χ0v) is 30.8. The van der Waals surface area contributed by atoms with Crippen LogP contribution in [0.4, 0.5) is 0 Å². The van der Waals surface area contributed by atoms with Crippen molar-refractivity contribution in [1.29, 1.82) is 0 Å². The average molecular weight is 682 g/mol. The molecule has 4 saturated carbocycles. The van der Waals surface area contributed by atoms with E-state index < -0.39 is 15.9 Å². The number of carbonyl (C=O) groups is 1. The number of amides is 1. The molecule has 0 bridgehead atoms. The number of unbranched alkanes of at least 4 members (excludes halogenated alkanes) is 3. The second-order valence-electron chi connectivity index (χ2n) is 16.3.